The van der Waals surface area contributed by atoms with Gasteiger partial charge in [-0.2, -0.15) is 18.3 Å². The first-order valence-corrected chi connectivity index (χ1v) is 9.44. The van der Waals surface area contributed by atoms with Gasteiger partial charge in [-0.3, -0.25) is 9.59 Å². The van der Waals surface area contributed by atoms with E-state index < -0.39 is 23.3 Å². The van der Waals surface area contributed by atoms with E-state index in [0.29, 0.717) is 16.3 Å². The summed E-state index contributed by atoms with van der Waals surface area (Å²) in [6.45, 7) is 1.53. The molecule has 3 rings (SSSR count). The van der Waals surface area contributed by atoms with E-state index in [1.807, 2.05) is 0 Å². The van der Waals surface area contributed by atoms with Crippen LogP contribution in [0.5, 0.6) is 0 Å². The molecule has 0 saturated carbocycles. The number of hydrogen-bond donors (Lipinski definition) is 0. The highest BCUT2D eigenvalue weighted by Gasteiger charge is 2.30. The second-order valence-electron chi connectivity index (χ2n) is 6.14. The number of alkyl halides is 3. The molecule has 0 aliphatic rings. The third kappa shape index (κ3) is 4.51. The fourth-order valence-electron chi connectivity index (χ4n) is 2.58. The molecular formula is C19H14ClF3N2O2S. The molecule has 0 bridgehead atoms. The van der Waals surface area contributed by atoms with E-state index in [1.54, 1.807) is 17.5 Å². The minimum Gasteiger partial charge on any atom is -0.297 e. The molecule has 0 aliphatic carbocycles. The molecule has 0 spiro atoms. The van der Waals surface area contributed by atoms with Gasteiger partial charge in [0.05, 0.1) is 15.5 Å². The lowest BCUT2D eigenvalue weighted by Gasteiger charge is -2.14. The summed E-state index contributed by atoms with van der Waals surface area (Å²) in [7, 11) is 0. The number of ketones is 1. The molecule has 1 unspecified atom stereocenters. The lowest BCUT2D eigenvalue weighted by Crippen LogP contribution is -2.30. The second kappa shape index (κ2) is 7.89. The Bertz CT molecular complexity index is 1060. The summed E-state index contributed by atoms with van der Waals surface area (Å²) >= 11 is 7.27. The molecule has 4 nitrogen and oxygen atoms in total. The first kappa shape index (κ1) is 20.3. The molecule has 0 saturated heterocycles. The molecule has 0 aliphatic heterocycles. The van der Waals surface area contributed by atoms with E-state index in [-0.39, 0.29) is 12.2 Å². The molecule has 0 radical (unpaired) electrons. The van der Waals surface area contributed by atoms with Crippen LogP contribution in [-0.4, -0.2) is 15.6 Å². The predicted molar refractivity (Wildman–Crippen MR) is 102 cm³/mol. The number of benzene rings is 1. The predicted octanol–water partition coefficient (Wildman–Crippen LogP) is 5.02. The van der Waals surface area contributed by atoms with E-state index in [1.165, 1.54) is 36.5 Å². The summed E-state index contributed by atoms with van der Waals surface area (Å²) in [4.78, 5) is 25.5. The van der Waals surface area contributed by atoms with Gasteiger partial charge in [-0.05, 0) is 36.8 Å². The number of thiophene rings is 1. The maximum absolute atomic E-state index is 12.6. The average molecular weight is 427 g/mol. The SMILES string of the molecule is CC(C(=O)Cc1ccc(C(F)(F)F)cc1)n1nc(-c2cc(Cl)cs2)ccc1=O. The number of aromatic nitrogens is 2. The second-order valence-corrected chi connectivity index (χ2v) is 7.49. The van der Waals surface area contributed by atoms with Crippen molar-refractivity contribution in [2.45, 2.75) is 25.6 Å². The first-order chi connectivity index (χ1) is 13.1. The fourth-order valence-corrected chi connectivity index (χ4v) is 3.62. The molecule has 9 heteroatoms. The zero-order valence-corrected chi connectivity index (χ0v) is 16.1. The van der Waals surface area contributed by atoms with Gasteiger partial charge in [0.2, 0.25) is 0 Å². The molecular weight excluding hydrogens is 413 g/mol. The van der Waals surface area contributed by atoms with Crippen molar-refractivity contribution in [2.75, 3.05) is 0 Å². The van der Waals surface area contributed by atoms with Crippen LogP contribution < -0.4 is 5.56 Å². The number of hydrogen-bond acceptors (Lipinski definition) is 4. The van der Waals surface area contributed by atoms with Crippen molar-refractivity contribution >= 4 is 28.7 Å². The van der Waals surface area contributed by atoms with E-state index in [0.717, 1.165) is 21.7 Å². The van der Waals surface area contributed by atoms with E-state index >= 15 is 0 Å². The van der Waals surface area contributed by atoms with Crippen LogP contribution in [0.4, 0.5) is 13.2 Å². The Balaban J connectivity index is 1.80. The third-order valence-corrected chi connectivity index (χ3v) is 5.44. The van der Waals surface area contributed by atoms with Gasteiger partial charge in [-0.25, -0.2) is 4.68 Å². The summed E-state index contributed by atoms with van der Waals surface area (Å²) in [5.74, 6) is -0.337. The van der Waals surface area contributed by atoms with E-state index in [2.05, 4.69) is 5.10 Å². The summed E-state index contributed by atoms with van der Waals surface area (Å²) in [6.07, 6.45) is -4.54. The van der Waals surface area contributed by atoms with Crippen molar-refractivity contribution < 1.29 is 18.0 Å². The molecule has 1 aromatic carbocycles. The maximum atomic E-state index is 12.6. The van der Waals surface area contributed by atoms with Gasteiger partial charge in [0.1, 0.15) is 11.7 Å². The summed E-state index contributed by atoms with van der Waals surface area (Å²) < 4.78 is 39.0. The highest BCUT2D eigenvalue weighted by atomic mass is 35.5. The van der Waals surface area contributed by atoms with E-state index in [9.17, 15) is 22.8 Å². The average Bonchev–Trinajstić information content (AvgIpc) is 3.07. The molecule has 0 amide bonds. The highest BCUT2D eigenvalue weighted by molar-refractivity contribution is 7.14. The van der Waals surface area contributed by atoms with Crippen LogP contribution in [0.1, 0.15) is 24.1 Å². The lowest BCUT2D eigenvalue weighted by atomic mass is 10.0. The minimum atomic E-state index is -4.43. The van der Waals surface area contributed by atoms with Gasteiger partial charge in [0.25, 0.3) is 5.56 Å². The van der Waals surface area contributed by atoms with Gasteiger partial charge >= 0.3 is 6.18 Å². The molecule has 0 fully saturated rings. The Morgan fingerprint density at radius 3 is 2.46 bits per heavy atom. The van der Waals surface area contributed by atoms with Crippen molar-refractivity contribution in [2.24, 2.45) is 0 Å². The molecule has 0 N–H and O–H groups in total. The van der Waals surface area contributed by atoms with Crippen molar-refractivity contribution in [3.05, 3.63) is 74.3 Å². The number of carbonyl (C=O) groups is 1. The number of halogens is 4. The van der Waals surface area contributed by atoms with Crippen LogP contribution >= 0.6 is 22.9 Å². The van der Waals surface area contributed by atoms with Crippen molar-refractivity contribution in [3.8, 4) is 10.6 Å². The van der Waals surface area contributed by atoms with Crippen LogP contribution in [-0.2, 0) is 17.4 Å². The number of nitrogens with zero attached hydrogens (tertiary/aromatic N) is 2. The topological polar surface area (TPSA) is 52.0 Å². The standard InChI is InChI=1S/C19H14ClF3N2O2S/c1-11(16(26)8-12-2-4-13(5-3-12)19(21,22)23)25-18(27)7-6-15(24-25)17-9-14(20)10-28-17/h2-7,9-11H,8H2,1H3. The van der Waals surface area contributed by atoms with Gasteiger partial charge in [0, 0.05) is 17.9 Å². The molecule has 2 heterocycles. The van der Waals surface area contributed by atoms with Gasteiger partial charge in [-0.15, -0.1) is 11.3 Å². The number of rotatable bonds is 5. The molecule has 146 valence electrons. The summed E-state index contributed by atoms with van der Waals surface area (Å²) in [6, 6.07) is 8.08. The molecule has 28 heavy (non-hydrogen) atoms. The zero-order chi connectivity index (χ0) is 20.5. The number of Topliss-reactive ketones (excluding diaryl/α,β-unsaturated/α-hetero) is 1. The Labute approximate surface area is 167 Å². The van der Waals surface area contributed by atoms with Crippen LogP contribution in [0.3, 0.4) is 0 Å². The van der Waals surface area contributed by atoms with Crippen LogP contribution in [0, 0.1) is 0 Å². The summed E-state index contributed by atoms with van der Waals surface area (Å²) in [5, 5.41) is 6.53. The minimum absolute atomic E-state index is 0.109. The highest BCUT2D eigenvalue weighted by Crippen LogP contribution is 2.29. The monoisotopic (exact) mass is 426 g/mol. The third-order valence-electron chi connectivity index (χ3n) is 4.14. The fraction of sp³-hybridized carbons (Fsp3) is 0.211. The van der Waals surface area contributed by atoms with Crippen LogP contribution in [0.2, 0.25) is 5.02 Å². The number of carbonyl (C=O) groups excluding carboxylic acids is 1. The Morgan fingerprint density at radius 2 is 1.89 bits per heavy atom. The van der Waals surface area contributed by atoms with Crippen molar-refractivity contribution in [1.82, 2.24) is 9.78 Å². The smallest absolute Gasteiger partial charge is 0.297 e. The normalized spacial score (nSPS) is 12.8. The maximum Gasteiger partial charge on any atom is 0.416 e. The van der Waals surface area contributed by atoms with Crippen LogP contribution in [0.15, 0.2) is 52.6 Å². The lowest BCUT2D eigenvalue weighted by molar-refractivity contribution is -0.137. The van der Waals surface area contributed by atoms with Gasteiger partial charge in [-0.1, -0.05) is 23.7 Å². The molecule has 3 aromatic rings. The van der Waals surface area contributed by atoms with Crippen LogP contribution in [0.25, 0.3) is 10.6 Å². The largest absolute Gasteiger partial charge is 0.416 e. The molecule has 1 atom stereocenters. The Kier molecular flexibility index (Phi) is 5.71. The van der Waals surface area contributed by atoms with Gasteiger partial charge in [0.15, 0.2) is 5.78 Å². The Morgan fingerprint density at radius 1 is 1.21 bits per heavy atom. The quantitative estimate of drug-likeness (QED) is 0.575. The first-order valence-electron chi connectivity index (χ1n) is 8.18. The van der Waals surface area contributed by atoms with Gasteiger partial charge < -0.3 is 0 Å². The van der Waals surface area contributed by atoms with E-state index in [4.69, 9.17) is 11.6 Å². The summed E-state index contributed by atoms with van der Waals surface area (Å²) in [5.41, 5.74) is -0.290. The molecule has 2 aromatic heterocycles. The van der Waals surface area contributed by atoms with Crippen molar-refractivity contribution in [1.29, 1.82) is 0 Å². The van der Waals surface area contributed by atoms with Crippen molar-refractivity contribution in [3.63, 3.8) is 0 Å². The zero-order valence-electron chi connectivity index (χ0n) is 14.5. The Hall–Kier alpha value is -2.45.